The molecule has 26 heavy (non-hydrogen) atoms. The van der Waals surface area contributed by atoms with E-state index in [1.54, 1.807) is 30.3 Å². The van der Waals surface area contributed by atoms with Gasteiger partial charge in [0.2, 0.25) is 0 Å². The molecule has 0 bridgehead atoms. The Hall–Kier alpha value is -3.00. The van der Waals surface area contributed by atoms with Gasteiger partial charge in [-0.3, -0.25) is 4.72 Å². The summed E-state index contributed by atoms with van der Waals surface area (Å²) in [5, 5.41) is 10.6. The molecular weight excluding hydrogens is 355 g/mol. The maximum Gasteiger partial charge on any atom is 0.263 e. The van der Waals surface area contributed by atoms with E-state index in [1.165, 1.54) is 24.3 Å². The Bertz CT molecular complexity index is 1040. The molecule has 0 aliphatic heterocycles. The number of aromatic nitrogens is 2. The van der Waals surface area contributed by atoms with E-state index < -0.39 is 10.0 Å². The van der Waals surface area contributed by atoms with E-state index in [0.29, 0.717) is 11.5 Å². The lowest BCUT2D eigenvalue weighted by molar-refractivity contribution is 0.600. The molecular formula is C18H17FN4O2S. The molecule has 0 aliphatic carbocycles. The Morgan fingerprint density at radius 2 is 1.62 bits per heavy atom. The molecule has 0 saturated carbocycles. The first-order valence-electron chi connectivity index (χ1n) is 7.80. The largest absolute Gasteiger partial charge is 0.339 e. The molecule has 2 N–H and O–H groups in total. The second-order valence-corrected chi connectivity index (χ2v) is 7.47. The van der Waals surface area contributed by atoms with Crippen LogP contribution in [0.5, 0.6) is 0 Å². The van der Waals surface area contributed by atoms with Crippen molar-refractivity contribution in [3.8, 4) is 0 Å². The first kappa shape index (κ1) is 17.8. The third-order valence-electron chi connectivity index (χ3n) is 3.79. The maximum atomic E-state index is 13.2. The van der Waals surface area contributed by atoms with Crippen molar-refractivity contribution < 1.29 is 12.8 Å². The molecule has 0 radical (unpaired) electrons. The molecule has 1 aromatic heterocycles. The molecule has 0 aliphatic rings. The quantitative estimate of drug-likeness (QED) is 0.712. The Morgan fingerprint density at radius 3 is 2.27 bits per heavy atom. The van der Waals surface area contributed by atoms with Crippen molar-refractivity contribution in [3.63, 3.8) is 0 Å². The molecule has 6 nitrogen and oxygen atoms in total. The average molecular weight is 372 g/mol. The van der Waals surface area contributed by atoms with Crippen LogP contribution in [0.4, 0.5) is 21.7 Å². The van der Waals surface area contributed by atoms with Gasteiger partial charge in [0.15, 0.2) is 11.6 Å². The van der Waals surface area contributed by atoms with Crippen LogP contribution in [0.15, 0.2) is 59.5 Å². The summed E-state index contributed by atoms with van der Waals surface area (Å²) in [6.45, 7) is 3.76. The number of benzene rings is 2. The Labute approximate surface area is 151 Å². The number of aryl methyl sites for hydroxylation is 2. The highest BCUT2D eigenvalue weighted by Crippen LogP contribution is 2.19. The van der Waals surface area contributed by atoms with Crippen molar-refractivity contribution in [1.29, 1.82) is 0 Å². The van der Waals surface area contributed by atoms with Gasteiger partial charge in [-0.1, -0.05) is 12.1 Å². The lowest BCUT2D eigenvalue weighted by Gasteiger charge is -2.09. The van der Waals surface area contributed by atoms with Crippen molar-refractivity contribution >= 4 is 27.3 Å². The lowest BCUT2D eigenvalue weighted by atomic mass is 10.1. The van der Waals surface area contributed by atoms with Gasteiger partial charge >= 0.3 is 0 Å². The van der Waals surface area contributed by atoms with Crippen LogP contribution >= 0.6 is 0 Å². The third-order valence-corrected chi connectivity index (χ3v) is 5.14. The van der Waals surface area contributed by atoms with Crippen molar-refractivity contribution in [1.82, 2.24) is 10.2 Å². The number of hydrogen-bond donors (Lipinski definition) is 2. The number of nitrogens with zero attached hydrogens (tertiary/aromatic N) is 2. The van der Waals surface area contributed by atoms with Crippen molar-refractivity contribution in [2.75, 3.05) is 10.0 Å². The summed E-state index contributed by atoms with van der Waals surface area (Å²) in [5.74, 6) is 0.0819. The van der Waals surface area contributed by atoms with Crippen LogP contribution in [0.1, 0.15) is 11.1 Å². The van der Waals surface area contributed by atoms with Crippen molar-refractivity contribution in [2.45, 2.75) is 18.7 Å². The van der Waals surface area contributed by atoms with Gasteiger partial charge in [0.05, 0.1) is 4.90 Å². The summed E-state index contributed by atoms with van der Waals surface area (Å²) in [4.78, 5) is 0.157. The highest BCUT2D eigenvalue weighted by molar-refractivity contribution is 7.92. The number of halogens is 1. The van der Waals surface area contributed by atoms with Gasteiger partial charge in [-0.25, -0.2) is 12.8 Å². The smallest absolute Gasteiger partial charge is 0.263 e. The fourth-order valence-corrected chi connectivity index (χ4v) is 3.33. The Balaban J connectivity index is 1.75. The molecule has 0 atom stereocenters. The number of rotatable bonds is 5. The van der Waals surface area contributed by atoms with E-state index in [0.717, 1.165) is 11.1 Å². The van der Waals surface area contributed by atoms with E-state index in [2.05, 4.69) is 20.2 Å². The Kier molecular flexibility index (Phi) is 4.85. The number of sulfonamides is 1. The van der Waals surface area contributed by atoms with Gasteiger partial charge < -0.3 is 5.32 Å². The molecule has 3 rings (SSSR count). The van der Waals surface area contributed by atoms with E-state index in [4.69, 9.17) is 0 Å². The summed E-state index contributed by atoms with van der Waals surface area (Å²) in [5.41, 5.74) is 2.41. The number of hydrogen-bond acceptors (Lipinski definition) is 5. The van der Waals surface area contributed by atoms with Crippen molar-refractivity contribution in [2.24, 2.45) is 0 Å². The van der Waals surface area contributed by atoms with E-state index in [-0.39, 0.29) is 16.5 Å². The van der Waals surface area contributed by atoms with Gasteiger partial charge in [-0.05, 0) is 67.4 Å². The van der Waals surface area contributed by atoms with Crippen LogP contribution in [0.25, 0.3) is 0 Å². The first-order valence-corrected chi connectivity index (χ1v) is 9.28. The van der Waals surface area contributed by atoms with Crippen molar-refractivity contribution in [3.05, 3.63) is 71.5 Å². The molecule has 0 saturated heterocycles. The van der Waals surface area contributed by atoms with Crippen LogP contribution in [0, 0.1) is 19.7 Å². The van der Waals surface area contributed by atoms with Gasteiger partial charge in [-0.2, -0.15) is 0 Å². The van der Waals surface area contributed by atoms with Crippen LogP contribution in [-0.2, 0) is 10.0 Å². The molecule has 1 heterocycles. The predicted molar refractivity (Wildman–Crippen MR) is 98.4 cm³/mol. The normalized spacial score (nSPS) is 11.2. The van der Waals surface area contributed by atoms with E-state index in [1.807, 2.05) is 13.8 Å². The van der Waals surface area contributed by atoms with Crippen LogP contribution in [0.2, 0.25) is 0 Å². The first-order chi connectivity index (χ1) is 12.3. The summed E-state index contributed by atoms with van der Waals surface area (Å²) in [6, 6.07) is 13.8. The van der Waals surface area contributed by atoms with Gasteiger partial charge in [0.25, 0.3) is 10.0 Å². The van der Waals surface area contributed by atoms with E-state index in [9.17, 15) is 12.8 Å². The zero-order valence-corrected chi connectivity index (χ0v) is 15.0. The second-order valence-electron chi connectivity index (χ2n) is 5.79. The standard InChI is InChI=1S/C18H17FN4O2S/c1-12-6-7-16(10-13(12)2)26(24,25)23-18-9-8-17(21-22-18)20-15-5-3-4-14(19)11-15/h3-11H,1-2H3,(H,20,21)(H,22,23). The number of nitrogens with one attached hydrogen (secondary N) is 2. The number of anilines is 3. The van der Waals surface area contributed by atoms with Gasteiger partial charge in [-0.15, -0.1) is 10.2 Å². The summed E-state index contributed by atoms with van der Waals surface area (Å²) in [6.07, 6.45) is 0. The predicted octanol–water partition coefficient (Wildman–Crippen LogP) is 3.78. The Morgan fingerprint density at radius 1 is 0.885 bits per heavy atom. The monoisotopic (exact) mass is 372 g/mol. The van der Waals surface area contributed by atoms with Crippen LogP contribution in [0.3, 0.4) is 0 Å². The SMILES string of the molecule is Cc1ccc(S(=O)(=O)Nc2ccc(Nc3cccc(F)c3)nn2)cc1C. The zero-order valence-electron chi connectivity index (χ0n) is 14.2. The lowest BCUT2D eigenvalue weighted by Crippen LogP contribution is -2.14. The fraction of sp³-hybridized carbons (Fsp3) is 0.111. The highest BCUT2D eigenvalue weighted by Gasteiger charge is 2.15. The second kappa shape index (κ2) is 7.09. The van der Waals surface area contributed by atoms with Gasteiger partial charge in [0.1, 0.15) is 5.82 Å². The summed E-state index contributed by atoms with van der Waals surface area (Å²) < 4.78 is 40.5. The molecule has 0 amide bonds. The molecule has 0 unspecified atom stereocenters. The summed E-state index contributed by atoms with van der Waals surface area (Å²) >= 11 is 0. The summed E-state index contributed by atoms with van der Waals surface area (Å²) in [7, 11) is -3.75. The minimum Gasteiger partial charge on any atom is -0.339 e. The topological polar surface area (TPSA) is 84.0 Å². The molecule has 0 spiro atoms. The van der Waals surface area contributed by atoms with Crippen LogP contribution in [-0.4, -0.2) is 18.6 Å². The zero-order chi connectivity index (χ0) is 18.7. The fourth-order valence-electron chi connectivity index (χ4n) is 2.25. The molecule has 2 aromatic carbocycles. The van der Waals surface area contributed by atoms with Crippen LogP contribution < -0.4 is 10.0 Å². The highest BCUT2D eigenvalue weighted by atomic mass is 32.2. The molecule has 8 heteroatoms. The minimum atomic E-state index is -3.75. The average Bonchev–Trinajstić information content (AvgIpc) is 2.59. The minimum absolute atomic E-state index is 0.0908. The molecule has 134 valence electrons. The third kappa shape index (κ3) is 4.15. The maximum absolute atomic E-state index is 13.2. The molecule has 3 aromatic rings. The molecule has 0 fully saturated rings. The van der Waals surface area contributed by atoms with Gasteiger partial charge in [0, 0.05) is 5.69 Å². The van der Waals surface area contributed by atoms with E-state index >= 15 is 0 Å².